The largest absolute Gasteiger partial charge is 0.352 e. The minimum absolute atomic E-state index is 0.149. The van der Waals surface area contributed by atoms with Crippen LogP contribution in [-0.4, -0.2) is 25.5 Å². The Balaban J connectivity index is 2.12. The molecule has 0 aromatic heterocycles. The second kappa shape index (κ2) is 3.56. The fourth-order valence-corrected chi connectivity index (χ4v) is 2.68. The molecule has 1 aromatic carbocycles. The molecule has 1 fully saturated rings. The highest BCUT2D eigenvalue weighted by Crippen LogP contribution is 2.32. The van der Waals surface area contributed by atoms with Gasteiger partial charge in [0.1, 0.15) is 5.82 Å². The van der Waals surface area contributed by atoms with Crippen LogP contribution in [0.3, 0.4) is 0 Å². The predicted molar refractivity (Wildman–Crippen MR) is 57.8 cm³/mol. The minimum atomic E-state index is -0.349. The molecule has 2 aliphatic rings. The zero-order valence-electron chi connectivity index (χ0n) is 8.79. The molecule has 2 heterocycles. The molecule has 3 rings (SSSR count). The molecule has 0 aliphatic carbocycles. The number of amides is 1. The quantitative estimate of drug-likeness (QED) is 0.681. The smallest absolute Gasteiger partial charge is 0.251 e. The molecular formula is C12H13FN2O. The van der Waals surface area contributed by atoms with E-state index in [4.69, 9.17) is 0 Å². The third-order valence-electron chi connectivity index (χ3n) is 3.52. The fourth-order valence-electron chi connectivity index (χ4n) is 2.68. The lowest BCUT2D eigenvalue weighted by Crippen LogP contribution is -2.28. The zero-order valence-corrected chi connectivity index (χ0v) is 8.79. The molecule has 0 saturated carbocycles. The summed E-state index contributed by atoms with van der Waals surface area (Å²) in [5, 5.41) is 6.17. The third-order valence-corrected chi connectivity index (χ3v) is 3.52. The van der Waals surface area contributed by atoms with Crippen molar-refractivity contribution in [2.24, 2.45) is 5.92 Å². The number of rotatable bonds is 0. The van der Waals surface area contributed by atoms with Crippen molar-refractivity contribution in [2.45, 2.75) is 5.92 Å². The van der Waals surface area contributed by atoms with Crippen molar-refractivity contribution in [3.63, 3.8) is 0 Å². The van der Waals surface area contributed by atoms with Gasteiger partial charge in [0, 0.05) is 31.1 Å². The lowest BCUT2D eigenvalue weighted by molar-refractivity contribution is 0.0952. The molecule has 3 nitrogen and oxygen atoms in total. The normalized spacial score (nSPS) is 27.9. The van der Waals surface area contributed by atoms with Crippen molar-refractivity contribution < 1.29 is 9.18 Å². The maximum absolute atomic E-state index is 13.1. The maximum Gasteiger partial charge on any atom is 0.251 e. The molecule has 2 atom stereocenters. The Bertz CT molecular complexity index is 447. The fraction of sp³-hybridized carbons (Fsp3) is 0.417. The van der Waals surface area contributed by atoms with Gasteiger partial charge >= 0.3 is 0 Å². The van der Waals surface area contributed by atoms with Crippen molar-refractivity contribution in [1.29, 1.82) is 0 Å². The molecule has 1 amide bonds. The summed E-state index contributed by atoms with van der Waals surface area (Å²) in [6.45, 7) is 2.47. The van der Waals surface area contributed by atoms with Gasteiger partial charge in [0.25, 0.3) is 5.91 Å². The number of halogens is 1. The highest BCUT2D eigenvalue weighted by Gasteiger charge is 2.34. The Kier molecular flexibility index (Phi) is 2.17. The Morgan fingerprint density at radius 1 is 1.25 bits per heavy atom. The minimum Gasteiger partial charge on any atom is -0.352 e. The number of carbonyl (C=O) groups is 1. The number of hydrogen-bond donors (Lipinski definition) is 2. The first-order chi connectivity index (χ1) is 7.75. The van der Waals surface area contributed by atoms with Gasteiger partial charge < -0.3 is 10.6 Å². The highest BCUT2D eigenvalue weighted by molar-refractivity contribution is 5.96. The van der Waals surface area contributed by atoms with E-state index in [0.717, 1.165) is 18.7 Å². The Hall–Kier alpha value is -1.42. The summed E-state index contributed by atoms with van der Waals surface area (Å²) >= 11 is 0. The van der Waals surface area contributed by atoms with E-state index >= 15 is 0 Å². The molecule has 2 N–H and O–H groups in total. The summed E-state index contributed by atoms with van der Waals surface area (Å²) < 4.78 is 13.1. The van der Waals surface area contributed by atoms with Crippen LogP contribution in [0.1, 0.15) is 21.8 Å². The average Bonchev–Trinajstić information content (AvgIpc) is 2.69. The maximum atomic E-state index is 13.1. The number of benzene rings is 1. The Morgan fingerprint density at radius 3 is 3.00 bits per heavy atom. The van der Waals surface area contributed by atoms with Crippen molar-refractivity contribution in [2.75, 3.05) is 19.6 Å². The van der Waals surface area contributed by atoms with Gasteiger partial charge in [-0.05, 0) is 23.6 Å². The molecule has 0 bridgehead atoms. The van der Waals surface area contributed by atoms with E-state index < -0.39 is 0 Å². The highest BCUT2D eigenvalue weighted by atomic mass is 19.1. The molecular weight excluding hydrogens is 207 g/mol. The van der Waals surface area contributed by atoms with Crippen LogP contribution in [0, 0.1) is 11.7 Å². The molecule has 16 heavy (non-hydrogen) atoms. The van der Waals surface area contributed by atoms with Gasteiger partial charge in [-0.3, -0.25) is 4.79 Å². The standard InChI is InChI=1S/C12H13FN2O/c13-8-1-2-9-10(3-8)12(16)15-5-7-4-14-6-11(7)9/h1-3,7,11,14H,4-6H2,(H,15,16)/t7-,11+/m1/s1. The first-order valence-corrected chi connectivity index (χ1v) is 5.54. The topological polar surface area (TPSA) is 41.1 Å². The average molecular weight is 220 g/mol. The van der Waals surface area contributed by atoms with Gasteiger partial charge in [-0.1, -0.05) is 6.07 Å². The van der Waals surface area contributed by atoms with Crippen molar-refractivity contribution >= 4 is 5.91 Å². The lowest BCUT2D eigenvalue weighted by Gasteiger charge is -2.15. The second-order valence-electron chi connectivity index (χ2n) is 4.47. The predicted octanol–water partition coefficient (Wildman–Crippen LogP) is 0.872. The first kappa shape index (κ1) is 9.78. The Labute approximate surface area is 93.0 Å². The molecule has 0 spiro atoms. The van der Waals surface area contributed by atoms with Crippen LogP contribution in [0.4, 0.5) is 4.39 Å². The van der Waals surface area contributed by atoms with E-state index in [2.05, 4.69) is 10.6 Å². The summed E-state index contributed by atoms with van der Waals surface area (Å²) in [7, 11) is 0. The van der Waals surface area contributed by atoms with E-state index in [1.54, 1.807) is 6.07 Å². The van der Waals surface area contributed by atoms with Crippen LogP contribution in [0.15, 0.2) is 18.2 Å². The molecule has 0 unspecified atom stereocenters. The van der Waals surface area contributed by atoms with Gasteiger partial charge in [-0.2, -0.15) is 0 Å². The summed E-state index contributed by atoms with van der Waals surface area (Å²) in [4.78, 5) is 11.8. The van der Waals surface area contributed by atoms with Crippen molar-refractivity contribution in [3.05, 3.63) is 35.1 Å². The van der Waals surface area contributed by atoms with Crippen LogP contribution in [0.2, 0.25) is 0 Å². The number of hydrogen-bond acceptors (Lipinski definition) is 2. The number of fused-ring (bicyclic) bond motifs is 3. The van der Waals surface area contributed by atoms with Gasteiger partial charge in [0.15, 0.2) is 0 Å². The SMILES string of the molecule is O=C1NC[C@H]2CNC[C@@H]2c2ccc(F)cc21. The monoisotopic (exact) mass is 220 g/mol. The second-order valence-corrected chi connectivity index (χ2v) is 4.47. The van der Waals surface area contributed by atoms with E-state index in [9.17, 15) is 9.18 Å². The van der Waals surface area contributed by atoms with Crippen molar-refractivity contribution in [1.82, 2.24) is 10.6 Å². The number of nitrogens with one attached hydrogen (secondary N) is 2. The summed E-state index contributed by atoms with van der Waals surface area (Å²) in [5.41, 5.74) is 1.47. The molecule has 4 heteroatoms. The molecule has 1 saturated heterocycles. The van der Waals surface area contributed by atoms with E-state index in [-0.39, 0.29) is 11.7 Å². The van der Waals surface area contributed by atoms with E-state index in [1.165, 1.54) is 12.1 Å². The van der Waals surface area contributed by atoms with E-state index in [0.29, 0.717) is 23.9 Å². The lowest BCUT2D eigenvalue weighted by atomic mass is 9.87. The van der Waals surface area contributed by atoms with Gasteiger partial charge in [-0.25, -0.2) is 4.39 Å². The zero-order chi connectivity index (χ0) is 11.1. The summed E-state index contributed by atoms with van der Waals surface area (Å²) in [6, 6.07) is 4.53. The van der Waals surface area contributed by atoms with Gasteiger partial charge in [0.2, 0.25) is 0 Å². The first-order valence-electron chi connectivity index (χ1n) is 5.54. The number of carbonyl (C=O) groups excluding carboxylic acids is 1. The van der Waals surface area contributed by atoms with Crippen LogP contribution in [-0.2, 0) is 0 Å². The van der Waals surface area contributed by atoms with Crippen LogP contribution in [0.25, 0.3) is 0 Å². The molecule has 84 valence electrons. The molecule has 0 radical (unpaired) electrons. The van der Waals surface area contributed by atoms with Crippen LogP contribution < -0.4 is 10.6 Å². The molecule has 2 aliphatic heterocycles. The van der Waals surface area contributed by atoms with Gasteiger partial charge in [0.05, 0.1) is 0 Å². The summed E-state index contributed by atoms with van der Waals surface area (Å²) in [6.07, 6.45) is 0. The van der Waals surface area contributed by atoms with Gasteiger partial charge in [-0.15, -0.1) is 0 Å². The Morgan fingerprint density at radius 2 is 2.12 bits per heavy atom. The van der Waals surface area contributed by atoms with Crippen LogP contribution >= 0.6 is 0 Å². The molecule has 1 aromatic rings. The summed E-state index contributed by atoms with van der Waals surface area (Å²) in [5.74, 6) is 0.257. The van der Waals surface area contributed by atoms with Crippen molar-refractivity contribution in [3.8, 4) is 0 Å². The third kappa shape index (κ3) is 1.41. The van der Waals surface area contributed by atoms with Crippen LogP contribution in [0.5, 0.6) is 0 Å². The van der Waals surface area contributed by atoms with E-state index in [1.807, 2.05) is 0 Å².